The van der Waals surface area contributed by atoms with Gasteiger partial charge in [-0.05, 0) is 34.3 Å². The largest absolute Gasteiger partial charge is 0.511 e. The van der Waals surface area contributed by atoms with Crippen LogP contribution >= 0.6 is 0 Å². The van der Waals surface area contributed by atoms with E-state index in [1.165, 1.54) is 5.57 Å². The van der Waals surface area contributed by atoms with E-state index >= 15 is 0 Å². The van der Waals surface area contributed by atoms with Crippen molar-refractivity contribution in [3.63, 3.8) is 0 Å². The number of benzene rings is 3. The molecule has 0 aromatic heterocycles. The van der Waals surface area contributed by atoms with E-state index < -0.39 is 0 Å². The van der Waals surface area contributed by atoms with Gasteiger partial charge in [0.1, 0.15) is 5.76 Å². The Kier molecular flexibility index (Phi) is 4.94. The third-order valence-corrected chi connectivity index (χ3v) is 5.96. The summed E-state index contributed by atoms with van der Waals surface area (Å²) in [4.78, 5) is 0. The molecule has 0 saturated carbocycles. The van der Waals surface area contributed by atoms with Gasteiger partial charge >= 0.3 is 0 Å². The number of allylic oxidation sites excluding steroid dienone is 7. The molecule has 3 aromatic rings. The van der Waals surface area contributed by atoms with Crippen LogP contribution in [0.4, 0.5) is 0 Å². The molecule has 5 rings (SSSR count). The van der Waals surface area contributed by atoms with Crippen LogP contribution in [0, 0.1) is 5.92 Å². The van der Waals surface area contributed by atoms with Crippen LogP contribution in [0.3, 0.4) is 0 Å². The molecule has 1 atom stereocenters. The van der Waals surface area contributed by atoms with E-state index in [4.69, 9.17) is 0 Å². The normalized spacial score (nSPS) is 19.0. The van der Waals surface area contributed by atoms with E-state index in [2.05, 4.69) is 85.0 Å². The van der Waals surface area contributed by atoms with E-state index in [9.17, 15) is 5.11 Å². The fourth-order valence-electron chi connectivity index (χ4n) is 4.66. The van der Waals surface area contributed by atoms with Gasteiger partial charge < -0.3 is 5.11 Å². The first-order chi connectivity index (χ1) is 14.8. The fraction of sp³-hybridized carbons (Fsp3) is 0.103. The molecule has 0 bridgehead atoms. The predicted molar refractivity (Wildman–Crippen MR) is 125 cm³/mol. The molecule has 1 nitrogen and oxygen atoms in total. The second kappa shape index (κ2) is 8.04. The molecule has 2 aliphatic rings. The highest BCUT2D eigenvalue weighted by molar-refractivity contribution is 6.11. The molecule has 0 radical (unpaired) electrons. The molecule has 0 fully saturated rings. The first-order valence-electron chi connectivity index (χ1n) is 10.5. The highest BCUT2D eigenvalue weighted by atomic mass is 16.3. The van der Waals surface area contributed by atoms with E-state index in [1.807, 2.05) is 30.3 Å². The van der Waals surface area contributed by atoms with E-state index in [1.54, 1.807) is 0 Å². The molecule has 1 unspecified atom stereocenters. The van der Waals surface area contributed by atoms with E-state index in [0.717, 1.165) is 34.3 Å². The van der Waals surface area contributed by atoms with Crippen LogP contribution in [0.25, 0.3) is 11.1 Å². The summed E-state index contributed by atoms with van der Waals surface area (Å²) in [6.45, 7) is 0. The van der Waals surface area contributed by atoms with Crippen molar-refractivity contribution in [3.05, 3.63) is 143 Å². The van der Waals surface area contributed by atoms with E-state index in [0.29, 0.717) is 5.76 Å². The van der Waals surface area contributed by atoms with Crippen molar-refractivity contribution in [2.24, 2.45) is 5.92 Å². The smallest absolute Gasteiger partial charge is 0.112 e. The van der Waals surface area contributed by atoms with Crippen molar-refractivity contribution in [1.29, 1.82) is 0 Å². The zero-order valence-electron chi connectivity index (χ0n) is 16.8. The van der Waals surface area contributed by atoms with Gasteiger partial charge in [0.25, 0.3) is 0 Å². The molecule has 0 amide bonds. The molecule has 3 aromatic carbocycles. The first-order valence-corrected chi connectivity index (χ1v) is 10.5. The summed E-state index contributed by atoms with van der Waals surface area (Å²) >= 11 is 0. The number of hydrogen-bond donors (Lipinski definition) is 1. The zero-order valence-corrected chi connectivity index (χ0v) is 16.8. The van der Waals surface area contributed by atoms with Crippen molar-refractivity contribution in [2.75, 3.05) is 0 Å². The lowest BCUT2D eigenvalue weighted by Gasteiger charge is -2.23. The standard InChI is InChI=1S/C29H24O/c30-29-27(23-17-9-3-10-18-23)25(21-13-5-1-6-14-21)26(22-15-7-2-8-16-22)28(29)24-19-11-4-12-20-24/h1,3-20,22,28,30H,2H2. The number of aliphatic hydroxyl groups is 1. The number of aliphatic hydroxyl groups excluding tert-OH is 1. The van der Waals surface area contributed by atoms with Gasteiger partial charge in [0.05, 0.1) is 5.92 Å². The molecule has 146 valence electrons. The molecular weight excluding hydrogens is 364 g/mol. The maximum atomic E-state index is 11.7. The maximum absolute atomic E-state index is 11.7. The summed E-state index contributed by atoms with van der Waals surface area (Å²) in [6.07, 6.45) is 9.95. The minimum absolute atomic E-state index is 0.155. The third kappa shape index (κ3) is 3.23. The average molecular weight is 389 g/mol. The highest BCUT2D eigenvalue weighted by Gasteiger charge is 2.38. The zero-order chi connectivity index (χ0) is 20.3. The lowest BCUT2D eigenvalue weighted by atomic mass is 9.80. The second-order valence-corrected chi connectivity index (χ2v) is 7.78. The Morgan fingerprint density at radius 1 is 0.600 bits per heavy atom. The Balaban J connectivity index is 1.82. The summed E-state index contributed by atoms with van der Waals surface area (Å²) in [7, 11) is 0. The van der Waals surface area contributed by atoms with Crippen molar-refractivity contribution >= 4 is 11.1 Å². The summed E-state index contributed by atoms with van der Waals surface area (Å²) in [5, 5.41) is 11.7. The minimum atomic E-state index is -0.158. The van der Waals surface area contributed by atoms with Gasteiger partial charge in [0.15, 0.2) is 0 Å². The molecular formula is C29H24O. The van der Waals surface area contributed by atoms with Gasteiger partial charge in [-0.25, -0.2) is 0 Å². The van der Waals surface area contributed by atoms with Crippen molar-refractivity contribution < 1.29 is 5.11 Å². The first kappa shape index (κ1) is 18.4. The van der Waals surface area contributed by atoms with Gasteiger partial charge in [-0.2, -0.15) is 0 Å². The number of hydrogen-bond acceptors (Lipinski definition) is 1. The van der Waals surface area contributed by atoms with Crippen molar-refractivity contribution in [1.82, 2.24) is 0 Å². The molecule has 1 N–H and O–H groups in total. The molecule has 0 heterocycles. The summed E-state index contributed by atoms with van der Waals surface area (Å²) < 4.78 is 0. The molecule has 0 saturated heterocycles. The Labute approximate surface area is 178 Å². The topological polar surface area (TPSA) is 20.2 Å². The van der Waals surface area contributed by atoms with Crippen LogP contribution in [0.2, 0.25) is 0 Å². The highest BCUT2D eigenvalue weighted by Crippen LogP contribution is 2.53. The molecule has 0 aliphatic heterocycles. The lowest BCUT2D eigenvalue weighted by Crippen LogP contribution is -2.10. The van der Waals surface area contributed by atoms with Gasteiger partial charge in [-0.3, -0.25) is 0 Å². The predicted octanol–water partition coefficient (Wildman–Crippen LogP) is 7.34. The third-order valence-electron chi connectivity index (χ3n) is 5.96. The molecule has 0 spiro atoms. The molecule has 30 heavy (non-hydrogen) atoms. The monoisotopic (exact) mass is 388 g/mol. The van der Waals surface area contributed by atoms with Crippen LogP contribution in [-0.4, -0.2) is 5.11 Å². The Hall–Kier alpha value is -3.58. The van der Waals surface area contributed by atoms with Crippen molar-refractivity contribution in [3.8, 4) is 0 Å². The van der Waals surface area contributed by atoms with Gasteiger partial charge in [-0.15, -0.1) is 0 Å². The minimum Gasteiger partial charge on any atom is -0.511 e. The fourth-order valence-corrected chi connectivity index (χ4v) is 4.66. The Morgan fingerprint density at radius 3 is 1.67 bits per heavy atom. The average Bonchev–Trinajstić information content (AvgIpc) is 3.14. The summed E-state index contributed by atoms with van der Waals surface area (Å²) in [5.74, 6) is 0.435. The van der Waals surface area contributed by atoms with Crippen molar-refractivity contribution in [2.45, 2.75) is 12.3 Å². The summed E-state index contributed by atoms with van der Waals surface area (Å²) in [5.41, 5.74) is 6.65. The van der Waals surface area contributed by atoms with Crippen LogP contribution in [0.5, 0.6) is 0 Å². The lowest BCUT2D eigenvalue weighted by molar-refractivity contribution is 0.385. The quantitative estimate of drug-likeness (QED) is 0.464. The van der Waals surface area contributed by atoms with Gasteiger partial charge in [-0.1, -0.05) is 115 Å². The molecule has 2 aliphatic carbocycles. The van der Waals surface area contributed by atoms with Gasteiger partial charge in [0.2, 0.25) is 0 Å². The van der Waals surface area contributed by atoms with Crippen LogP contribution in [-0.2, 0) is 0 Å². The Morgan fingerprint density at radius 2 is 1.10 bits per heavy atom. The van der Waals surface area contributed by atoms with Crippen LogP contribution in [0.15, 0.2) is 127 Å². The molecule has 1 heteroatoms. The van der Waals surface area contributed by atoms with Crippen LogP contribution < -0.4 is 0 Å². The SMILES string of the molecule is OC1=C(c2ccccc2)C(c2ccccc2)=C(C2C=CCC=C2)C1c1ccccc1. The van der Waals surface area contributed by atoms with Crippen LogP contribution in [0.1, 0.15) is 29.0 Å². The Bertz CT molecular complexity index is 1140. The number of rotatable bonds is 4. The second-order valence-electron chi connectivity index (χ2n) is 7.78. The summed E-state index contributed by atoms with van der Waals surface area (Å²) in [6, 6.07) is 31.1. The maximum Gasteiger partial charge on any atom is 0.112 e. The van der Waals surface area contributed by atoms with Gasteiger partial charge in [0, 0.05) is 11.5 Å². The van der Waals surface area contributed by atoms with E-state index in [-0.39, 0.29) is 11.8 Å².